The topological polar surface area (TPSA) is 109 Å². The highest BCUT2D eigenvalue weighted by molar-refractivity contribution is 5.95. The fraction of sp³-hybridized carbons (Fsp3) is 0.480. The third kappa shape index (κ3) is 5.46. The lowest BCUT2D eigenvalue weighted by Crippen LogP contribution is -2.56. The quantitative estimate of drug-likeness (QED) is 0.454. The van der Waals surface area contributed by atoms with Gasteiger partial charge in [-0.15, -0.1) is 0 Å². The molecule has 1 atom stereocenters. The third-order valence-corrected chi connectivity index (χ3v) is 6.74. The molecule has 36 heavy (non-hydrogen) atoms. The molecule has 0 unspecified atom stereocenters. The molecule has 4 heterocycles. The zero-order valence-electron chi connectivity index (χ0n) is 20.5. The summed E-state index contributed by atoms with van der Waals surface area (Å²) in [5, 5.41) is 2.72. The second-order valence-corrected chi connectivity index (χ2v) is 9.67. The number of hydrogen-bond acceptors (Lipinski definition) is 6. The molecule has 1 amide bonds. The molecule has 194 valence electrons. The van der Waals surface area contributed by atoms with Gasteiger partial charge in [-0.1, -0.05) is 13.8 Å². The van der Waals surface area contributed by atoms with Crippen molar-refractivity contribution in [2.24, 2.45) is 11.7 Å². The van der Waals surface area contributed by atoms with Crippen molar-refractivity contribution in [2.45, 2.75) is 44.5 Å². The number of hydrogen-bond donors (Lipinski definition) is 3. The van der Waals surface area contributed by atoms with Crippen molar-refractivity contribution in [1.29, 1.82) is 0 Å². The predicted octanol–water partition coefficient (Wildman–Crippen LogP) is 3.59. The summed E-state index contributed by atoms with van der Waals surface area (Å²) in [6, 6.07) is 3.60. The van der Waals surface area contributed by atoms with Crippen LogP contribution in [0.2, 0.25) is 0 Å². The highest BCUT2D eigenvalue weighted by Gasteiger charge is 2.41. The van der Waals surface area contributed by atoms with Crippen molar-refractivity contribution < 1.29 is 22.7 Å². The van der Waals surface area contributed by atoms with E-state index in [0.29, 0.717) is 22.5 Å². The maximum Gasteiger partial charge on any atom is 0.405 e. The maximum absolute atomic E-state index is 12.8. The Morgan fingerprint density at radius 3 is 2.64 bits per heavy atom. The van der Waals surface area contributed by atoms with Crippen molar-refractivity contribution in [1.82, 2.24) is 25.2 Å². The number of aromatic nitrogens is 3. The van der Waals surface area contributed by atoms with Crippen molar-refractivity contribution >= 4 is 16.9 Å². The van der Waals surface area contributed by atoms with Crippen LogP contribution in [0.15, 0.2) is 36.9 Å². The van der Waals surface area contributed by atoms with Gasteiger partial charge in [0.25, 0.3) is 0 Å². The smallest absolute Gasteiger partial charge is 0.405 e. The minimum Gasteiger partial charge on any atom is -0.489 e. The number of piperidine rings is 1. The molecular formula is C25H31F3N6O2. The summed E-state index contributed by atoms with van der Waals surface area (Å²) >= 11 is 0. The Balaban J connectivity index is 1.64. The van der Waals surface area contributed by atoms with Gasteiger partial charge >= 0.3 is 6.18 Å². The summed E-state index contributed by atoms with van der Waals surface area (Å²) in [4.78, 5) is 26.9. The van der Waals surface area contributed by atoms with Crippen LogP contribution in [0.4, 0.5) is 13.2 Å². The van der Waals surface area contributed by atoms with Gasteiger partial charge in [-0.3, -0.25) is 9.78 Å². The molecule has 0 bridgehead atoms. The molecule has 4 rings (SSSR count). The van der Waals surface area contributed by atoms with E-state index in [1.807, 2.05) is 11.4 Å². The molecule has 0 aromatic carbocycles. The summed E-state index contributed by atoms with van der Waals surface area (Å²) in [5.41, 5.74) is 7.12. The monoisotopic (exact) mass is 504 g/mol. The van der Waals surface area contributed by atoms with Gasteiger partial charge < -0.3 is 25.7 Å². The molecule has 0 radical (unpaired) electrons. The zero-order valence-corrected chi connectivity index (χ0v) is 20.5. The highest BCUT2D eigenvalue weighted by Crippen LogP contribution is 2.34. The van der Waals surface area contributed by atoms with E-state index in [-0.39, 0.29) is 6.10 Å². The number of amides is 1. The Morgan fingerprint density at radius 1 is 1.25 bits per heavy atom. The molecule has 1 saturated heterocycles. The van der Waals surface area contributed by atoms with Crippen LogP contribution < -0.4 is 15.8 Å². The van der Waals surface area contributed by atoms with E-state index >= 15 is 0 Å². The van der Waals surface area contributed by atoms with Gasteiger partial charge in [-0.05, 0) is 37.9 Å². The molecule has 3 aromatic rings. The number of H-pyrrole nitrogens is 1. The minimum absolute atomic E-state index is 0.118. The molecular weight excluding hydrogens is 473 g/mol. The molecule has 0 saturated carbocycles. The first-order chi connectivity index (χ1) is 17.0. The fourth-order valence-electron chi connectivity index (χ4n) is 4.45. The van der Waals surface area contributed by atoms with Gasteiger partial charge in [-0.2, -0.15) is 13.2 Å². The van der Waals surface area contributed by atoms with Gasteiger partial charge in [0.2, 0.25) is 5.91 Å². The van der Waals surface area contributed by atoms with Crippen molar-refractivity contribution in [3.63, 3.8) is 0 Å². The van der Waals surface area contributed by atoms with Gasteiger partial charge in [0.15, 0.2) is 0 Å². The molecule has 3 aromatic heterocycles. The maximum atomic E-state index is 12.8. The number of nitrogens with zero attached hydrogens (tertiary/aromatic N) is 3. The fourth-order valence-corrected chi connectivity index (χ4v) is 4.45. The Kier molecular flexibility index (Phi) is 7.24. The SMILES string of the molecule is CC(C)[C@](N)(C(=O)NCC(F)(F)F)c1cncc(-c2c[nH]c3ncc(OC4CCN(C)CC4)cc23)c1. The molecule has 8 nitrogen and oxygen atoms in total. The van der Waals surface area contributed by atoms with Crippen LogP contribution in [0, 0.1) is 5.92 Å². The number of nitrogens with one attached hydrogen (secondary N) is 2. The first-order valence-electron chi connectivity index (χ1n) is 11.9. The second-order valence-electron chi connectivity index (χ2n) is 9.67. The van der Waals surface area contributed by atoms with Crippen LogP contribution in [0.3, 0.4) is 0 Å². The number of nitrogens with two attached hydrogens (primary N) is 1. The van der Waals surface area contributed by atoms with Crippen LogP contribution in [-0.2, 0) is 10.3 Å². The molecule has 1 fully saturated rings. The number of likely N-dealkylation sites (tertiary alicyclic amines) is 1. The number of fused-ring (bicyclic) bond motifs is 1. The van der Waals surface area contributed by atoms with E-state index in [1.54, 1.807) is 38.5 Å². The van der Waals surface area contributed by atoms with E-state index < -0.39 is 30.1 Å². The van der Waals surface area contributed by atoms with E-state index in [1.165, 1.54) is 6.20 Å². The molecule has 1 aliphatic rings. The third-order valence-electron chi connectivity index (χ3n) is 6.74. The van der Waals surface area contributed by atoms with Gasteiger partial charge in [0.05, 0.1) is 6.20 Å². The molecule has 1 aliphatic heterocycles. The van der Waals surface area contributed by atoms with Crippen LogP contribution >= 0.6 is 0 Å². The van der Waals surface area contributed by atoms with Crippen molar-refractivity contribution in [3.05, 3.63) is 42.5 Å². The number of alkyl halides is 3. The van der Waals surface area contributed by atoms with Gasteiger partial charge in [0, 0.05) is 53.8 Å². The average molecular weight is 505 g/mol. The Morgan fingerprint density at radius 2 is 1.97 bits per heavy atom. The number of aromatic amines is 1. The Hall–Kier alpha value is -3.18. The first kappa shape index (κ1) is 25.9. The predicted molar refractivity (Wildman–Crippen MR) is 130 cm³/mol. The number of halogens is 3. The Labute approximate surface area is 207 Å². The normalized spacial score (nSPS) is 17.3. The summed E-state index contributed by atoms with van der Waals surface area (Å²) in [5.74, 6) is -0.756. The number of ether oxygens (including phenoxy) is 1. The van der Waals surface area contributed by atoms with Crippen molar-refractivity contribution in [3.8, 4) is 16.9 Å². The zero-order chi connectivity index (χ0) is 26.1. The van der Waals surface area contributed by atoms with E-state index in [2.05, 4.69) is 26.9 Å². The lowest BCUT2D eigenvalue weighted by Gasteiger charge is -2.32. The summed E-state index contributed by atoms with van der Waals surface area (Å²) in [7, 11) is 2.09. The number of pyridine rings is 2. The highest BCUT2D eigenvalue weighted by atomic mass is 19.4. The molecule has 11 heteroatoms. The largest absolute Gasteiger partial charge is 0.489 e. The van der Waals surface area contributed by atoms with E-state index in [9.17, 15) is 18.0 Å². The standard InChI is InChI=1S/C25H31F3N6O2/c1-15(2)25(29,23(35)33-14-24(26,27)28)17-8-16(10-30-11-17)21-13-32-22-20(21)9-19(12-31-22)36-18-4-6-34(3)7-5-18/h8-13,15,18H,4-7,14,29H2,1-3H3,(H,31,32)(H,33,35)/t25-/m1/s1. The minimum atomic E-state index is -4.54. The first-order valence-corrected chi connectivity index (χ1v) is 11.9. The summed E-state index contributed by atoms with van der Waals surface area (Å²) in [6.07, 6.45) is 3.93. The van der Waals surface area contributed by atoms with Crippen molar-refractivity contribution in [2.75, 3.05) is 26.7 Å². The van der Waals surface area contributed by atoms with E-state index in [0.717, 1.165) is 36.9 Å². The van der Waals surface area contributed by atoms with Crippen LogP contribution in [0.1, 0.15) is 32.3 Å². The van der Waals surface area contributed by atoms with Crippen LogP contribution in [-0.4, -0.2) is 64.7 Å². The summed E-state index contributed by atoms with van der Waals surface area (Å²) < 4.78 is 44.3. The summed E-state index contributed by atoms with van der Waals surface area (Å²) in [6.45, 7) is 3.85. The number of carbonyl (C=O) groups is 1. The average Bonchev–Trinajstić information content (AvgIpc) is 3.26. The molecule has 4 N–H and O–H groups in total. The van der Waals surface area contributed by atoms with Gasteiger partial charge in [-0.25, -0.2) is 4.98 Å². The Bertz CT molecular complexity index is 1220. The second kappa shape index (κ2) is 10.1. The molecule has 0 spiro atoms. The molecule has 0 aliphatic carbocycles. The lowest BCUT2D eigenvalue weighted by molar-refractivity contribution is -0.143. The van der Waals surface area contributed by atoms with E-state index in [4.69, 9.17) is 10.5 Å². The van der Waals surface area contributed by atoms with Gasteiger partial charge in [0.1, 0.15) is 29.6 Å². The van der Waals surface area contributed by atoms with Crippen LogP contribution in [0.5, 0.6) is 5.75 Å². The number of carbonyl (C=O) groups excluding carboxylic acids is 1. The van der Waals surface area contributed by atoms with Crippen LogP contribution in [0.25, 0.3) is 22.2 Å². The number of rotatable bonds is 7. The lowest BCUT2D eigenvalue weighted by atomic mass is 9.80.